The summed E-state index contributed by atoms with van der Waals surface area (Å²) >= 11 is 0. The zero-order chi connectivity index (χ0) is 16.7. The minimum absolute atomic E-state index is 0.170. The van der Waals surface area contributed by atoms with Gasteiger partial charge in [-0.2, -0.15) is 8.78 Å². The molecule has 0 bridgehead atoms. The number of hydrogen-bond acceptors (Lipinski definition) is 7. The second-order valence-corrected chi connectivity index (χ2v) is 4.29. The summed E-state index contributed by atoms with van der Waals surface area (Å²) in [6.45, 7) is -1.44. The van der Waals surface area contributed by atoms with Crippen molar-refractivity contribution in [2.45, 2.75) is 26.2 Å². The minimum Gasteiger partial charge on any atom is -0.443 e. The van der Waals surface area contributed by atoms with Gasteiger partial charge in [0.1, 0.15) is 18.1 Å². The lowest BCUT2D eigenvalue weighted by atomic mass is 10.3. The van der Waals surface area contributed by atoms with Gasteiger partial charge < -0.3 is 14.8 Å². The van der Waals surface area contributed by atoms with E-state index in [4.69, 9.17) is 4.74 Å². The van der Waals surface area contributed by atoms with Gasteiger partial charge >= 0.3 is 12.7 Å². The van der Waals surface area contributed by atoms with E-state index in [1.807, 2.05) is 0 Å². The Hall–Kier alpha value is -2.91. The molecule has 122 valence electrons. The van der Waals surface area contributed by atoms with Gasteiger partial charge in [-0.15, -0.1) is 10.2 Å². The molecule has 0 aliphatic carbocycles. The molecule has 0 fully saturated rings. The molecule has 0 aliphatic rings. The lowest BCUT2D eigenvalue weighted by Gasteiger charge is -2.12. The van der Waals surface area contributed by atoms with E-state index in [9.17, 15) is 13.6 Å². The Bertz CT molecular complexity index is 627. The molecular weight excluding hydrogens is 312 g/mol. The van der Waals surface area contributed by atoms with Crippen LogP contribution in [0.15, 0.2) is 30.6 Å². The number of carbonyl (C=O) groups is 1. The highest BCUT2D eigenvalue weighted by atomic mass is 19.3. The summed E-state index contributed by atoms with van der Waals surface area (Å²) in [5.74, 6) is 0.126. The maximum Gasteiger partial charge on any atom is 0.408 e. The number of ether oxygens (including phenoxy) is 2. The third kappa shape index (κ3) is 5.41. The third-order valence-electron chi connectivity index (χ3n) is 2.56. The molecule has 1 N–H and O–H groups in total. The van der Waals surface area contributed by atoms with Crippen molar-refractivity contribution in [2.24, 2.45) is 0 Å². The third-order valence-corrected chi connectivity index (χ3v) is 2.56. The van der Waals surface area contributed by atoms with Crippen LogP contribution >= 0.6 is 0 Å². The Morgan fingerprint density at radius 2 is 2.00 bits per heavy atom. The van der Waals surface area contributed by atoms with Gasteiger partial charge in [0.2, 0.25) is 5.88 Å². The van der Waals surface area contributed by atoms with Gasteiger partial charge in [0.05, 0.1) is 6.04 Å². The van der Waals surface area contributed by atoms with Gasteiger partial charge in [0, 0.05) is 18.5 Å². The number of halogens is 2. The number of hydrogen-bond donors (Lipinski definition) is 1. The fourth-order valence-electron chi connectivity index (χ4n) is 1.54. The van der Waals surface area contributed by atoms with Crippen molar-refractivity contribution < 1.29 is 23.0 Å². The lowest BCUT2D eigenvalue weighted by Crippen LogP contribution is -2.28. The van der Waals surface area contributed by atoms with E-state index < -0.39 is 18.7 Å². The largest absolute Gasteiger partial charge is 0.443 e. The van der Waals surface area contributed by atoms with E-state index in [-0.39, 0.29) is 18.2 Å². The van der Waals surface area contributed by atoms with Crippen molar-refractivity contribution in [3.05, 3.63) is 42.1 Å². The Kier molecular flexibility index (Phi) is 5.67. The molecule has 0 aliphatic heterocycles. The van der Waals surface area contributed by atoms with Crippen molar-refractivity contribution in [1.29, 1.82) is 0 Å². The zero-order valence-electron chi connectivity index (χ0n) is 12.0. The number of rotatable bonds is 6. The predicted molar refractivity (Wildman–Crippen MR) is 72.4 cm³/mol. The molecule has 0 radical (unpaired) electrons. The fourth-order valence-corrected chi connectivity index (χ4v) is 1.54. The molecule has 0 saturated heterocycles. The quantitative estimate of drug-likeness (QED) is 0.865. The summed E-state index contributed by atoms with van der Waals surface area (Å²) < 4.78 is 32.9. The number of nitrogens with one attached hydrogen (secondary N) is 1. The molecule has 0 spiro atoms. The summed E-state index contributed by atoms with van der Waals surface area (Å²) in [6, 6.07) is 3.80. The number of aromatic nitrogens is 4. The SMILES string of the molecule is CC(NC(=O)OCc1ccc(OC(F)F)nn1)c1ncccn1. The number of amides is 1. The molecule has 2 aromatic heterocycles. The van der Waals surface area contributed by atoms with Crippen molar-refractivity contribution in [3.63, 3.8) is 0 Å². The minimum atomic E-state index is -2.97. The second-order valence-electron chi connectivity index (χ2n) is 4.29. The molecule has 1 unspecified atom stereocenters. The van der Waals surface area contributed by atoms with Crippen LogP contribution in [0.1, 0.15) is 24.5 Å². The van der Waals surface area contributed by atoms with Gasteiger partial charge in [0.15, 0.2) is 0 Å². The van der Waals surface area contributed by atoms with Crippen LogP contribution in [0.4, 0.5) is 13.6 Å². The monoisotopic (exact) mass is 325 g/mol. The molecule has 0 saturated carbocycles. The fraction of sp³-hybridized carbons (Fsp3) is 0.308. The Labute approximate surface area is 129 Å². The van der Waals surface area contributed by atoms with Crippen LogP contribution in [0.3, 0.4) is 0 Å². The predicted octanol–water partition coefficient (Wildman–Crippen LogP) is 1.86. The van der Waals surface area contributed by atoms with Gasteiger partial charge in [-0.3, -0.25) is 0 Å². The van der Waals surface area contributed by atoms with Crippen LogP contribution in [0.2, 0.25) is 0 Å². The van der Waals surface area contributed by atoms with Crippen LogP contribution in [0, 0.1) is 0 Å². The maximum absolute atomic E-state index is 12.0. The second kappa shape index (κ2) is 7.92. The topological polar surface area (TPSA) is 99.1 Å². The maximum atomic E-state index is 12.0. The van der Waals surface area contributed by atoms with Crippen LogP contribution in [0.25, 0.3) is 0 Å². The molecule has 23 heavy (non-hydrogen) atoms. The van der Waals surface area contributed by atoms with Gasteiger partial charge in [0.25, 0.3) is 0 Å². The average molecular weight is 325 g/mol. The molecule has 1 atom stereocenters. The summed E-state index contributed by atoms with van der Waals surface area (Å²) in [5.41, 5.74) is 0.283. The van der Waals surface area contributed by atoms with Crippen LogP contribution in [-0.2, 0) is 11.3 Å². The van der Waals surface area contributed by atoms with Gasteiger partial charge in [-0.25, -0.2) is 14.8 Å². The summed E-state index contributed by atoms with van der Waals surface area (Å²) in [6.07, 6.45) is 2.43. The molecule has 8 nitrogen and oxygen atoms in total. The Balaban J connectivity index is 1.80. The first kappa shape index (κ1) is 16.5. The number of carbonyl (C=O) groups excluding carboxylic acids is 1. The van der Waals surface area contributed by atoms with E-state index in [1.165, 1.54) is 12.1 Å². The standard InChI is InChI=1S/C13H13F2N5O3/c1-8(11-16-5-2-6-17-11)18-13(21)22-7-9-3-4-10(20-19-9)23-12(14)15/h2-6,8,12H,7H2,1H3,(H,18,21). The Morgan fingerprint density at radius 3 is 2.61 bits per heavy atom. The number of alkyl halides is 2. The average Bonchev–Trinajstić information content (AvgIpc) is 2.54. The summed E-state index contributed by atoms with van der Waals surface area (Å²) in [7, 11) is 0. The van der Waals surface area contributed by atoms with Crippen LogP contribution < -0.4 is 10.1 Å². The van der Waals surface area contributed by atoms with E-state index in [1.54, 1.807) is 25.4 Å². The first-order valence-electron chi connectivity index (χ1n) is 6.52. The Morgan fingerprint density at radius 1 is 1.26 bits per heavy atom. The highest BCUT2D eigenvalue weighted by molar-refractivity contribution is 5.67. The van der Waals surface area contributed by atoms with Gasteiger partial charge in [-0.05, 0) is 19.1 Å². The van der Waals surface area contributed by atoms with E-state index in [0.29, 0.717) is 5.82 Å². The highest BCUT2D eigenvalue weighted by Gasteiger charge is 2.13. The lowest BCUT2D eigenvalue weighted by molar-refractivity contribution is -0.0534. The molecule has 1 amide bonds. The summed E-state index contributed by atoms with van der Waals surface area (Å²) in [5, 5.41) is 9.57. The van der Waals surface area contributed by atoms with Crippen molar-refractivity contribution in [2.75, 3.05) is 0 Å². The molecule has 2 aromatic rings. The first-order valence-corrected chi connectivity index (χ1v) is 6.52. The molecule has 10 heteroatoms. The van der Waals surface area contributed by atoms with E-state index in [2.05, 4.69) is 30.2 Å². The van der Waals surface area contributed by atoms with E-state index in [0.717, 1.165) is 0 Å². The highest BCUT2D eigenvalue weighted by Crippen LogP contribution is 2.10. The van der Waals surface area contributed by atoms with E-state index >= 15 is 0 Å². The molecule has 2 rings (SSSR count). The molecule has 0 aromatic carbocycles. The number of alkyl carbamates (subject to hydrolysis) is 1. The van der Waals surface area contributed by atoms with Crippen LogP contribution in [0.5, 0.6) is 5.88 Å². The molecular formula is C13H13F2N5O3. The van der Waals surface area contributed by atoms with Crippen molar-refractivity contribution in [3.8, 4) is 5.88 Å². The van der Waals surface area contributed by atoms with Gasteiger partial charge in [-0.1, -0.05) is 0 Å². The van der Waals surface area contributed by atoms with Crippen molar-refractivity contribution in [1.82, 2.24) is 25.5 Å². The summed E-state index contributed by atoms with van der Waals surface area (Å²) in [4.78, 5) is 19.7. The van der Waals surface area contributed by atoms with Crippen molar-refractivity contribution >= 4 is 6.09 Å². The number of nitrogens with zero attached hydrogens (tertiary/aromatic N) is 4. The normalized spacial score (nSPS) is 11.8. The molecule has 2 heterocycles. The van der Waals surface area contributed by atoms with Crippen LogP contribution in [-0.4, -0.2) is 32.9 Å². The first-order chi connectivity index (χ1) is 11.0. The smallest absolute Gasteiger partial charge is 0.408 e. The zero-order valence-corrected chi connectivity index (χ0v) is 12.0.